The number of rotatable bonds is 27. The summed E-state index contributed by atoms with van der Waals surface area (Å²) in [6.07, 6.45) is 14.9. The smallest absolute Gasteiger partial charge is 0.337 e. The average molecular weight is 583 g/mol. The fourth-order valence-corrected chi connectivity index (χ4v) is 4.41. The minimum absolute atomic E-state index is 0.0592. The lowest BCUT2D eigenvalue weighted by Crippen LogP contribution is -2.22. The van der Waals surface area contributed by atoms with Crippen LogP contribution in [0, 0.1) is 0 Å². The Morgan fingerprint density at radius 3 is 1.85 bits per heavy atom. The van der Waals surface area contributed by atoms with Crippen molar-refractivity contribution < 1.29 is 42.7 Å². The van der Waals surface area contributed by atoms with E-state index in [4.69, 9.17) is 37.9 Å². The number of benzene rings is 1. The fourth-order valence-electron chi connectivity index (χ4n) is 4.41. The topological polar surface area (TPSA) is 90.9 Å². The lowest BCUT2D eigenvalue weighted by molar-refractivity contribution is -0.162. The molecule has 0 spiro atoms. The standard InChI is InChI=1S/C32H54O9/c1-34-32(33)29-14-13-15-30(28-29)39-27-26-38-25-24-37-23-22-36-21-20-35-17-10-7-5-3-2-4-6-8-11-18-40-31-16-9-12-19-41-31/h13-15,28,31H,2-12,16-27H2,1H3. The summed E-state index contributed by atoms with van der Waals surface area (Å²) in [4.78, 5) is 11.5. The van der Waals surface area contributed by atoms with Crippen LogP contribution in [0.1, 0.15) is 87.4 Å². The van der Waals surface area contributed by atoms with Crippen LogP contribution >= 0.6 is 0 Å². The van der Waals surface area contributed by atoms with E-state index in [9.17, 15) is 4.79 Å². The molecule has 41 heavy (non-hydrogen) atoms. The third-order valence-corrected chi connectivity index (χ3v) is 6.74. The zero-order valence-electron chi connectivity index (χ0n) is 25.3. The van der Waals surface area contributed by atoms with E-state index in [1.165, 1.54) is 64.9 Å². The summed E-state index contributed by atoms with van der Waals surface area (Å²) in [5.41, 5.74) is 0.457. The first kappa shape index (κ1) is 35.4. The van der Waals surface area contributed by atoms with Crippen molar-refractivity contribution in [2.75, 3.05) is 79.8 Å². The summed E-state index contributed by atoms with van der Waals surface area (Å²) in [7, 11) is 1.35. The largest absolute Gasteiger partial charge is 0.491 e. The molecule has 1 fully saturated rings. The van der Waals surface area contributed by atoms with Crippen LogP contribution in [0.4, 0.5) is 0 Å². The van der Waals surface area contributed by atoms with Crippen molar-refractivity contribution in [3.8, 4) is 5.75 Å². The fraction of sp³-hybridized carbons (Fsp3) is 0.781. The van der Waals surface area contributed by atoms with E-state index >= 15 is 0 Å². The van der Waals surface area contributed by atoms with Crippen molar-refractivity contribution >= 4 is 5.97 Å². The number of ether oxygens (including phenoxy) is 8. The van der Waals surface area contributed by atoms with Gasteiger partial charge in [-0.05, 0) is 50.3 Å². The summed E-state index contributed by atoms with van der Waals surface area (Å²) in [6, 6.07) is 6.87. The molecule has 9 nitrogen and oxygen atoms in total. The Bertz CT molecular complexity index is 740. The molecule has 1 aliphatic heterocycles. The third-order valence-electron chi connectivity index (χ3n) is 6.74. The monoisotopic (exact) mass is 582 g/mol. The molecule has 236 valence electrons. The van der Waals surface area contributed by atoms with Gasteiger partial charge in [0.25, 0.3) is 0 Å². The van der Waals surface area contributed by atoms with Crippen LogP contribution in [-0.4, -0.2) is 92.0 Å². The second-order valence-corrected chi connectivity index (χ2v) is 10.2. The van der Waals surface area contributed by atoms with Gasteiger partial charge < -0.3 is 37.9 Å². The normalized spacial score (nSPS) is 15.2. The zero-order valence-corrected chi connectivity index (χ0v) is 25.3. The number of esters is 1. The van der Waals surface area contributed by atoms with Gasteiger partial charge in [-0.2, -0.15) is 0 Å². The second kappa shape index (κ2) is 25.9. The summed E-state index contributed by atoms with van der Waals surface area (Å²) in [6.45, 7) is 6.62. The van der Waals surface area contributed by atoms with E-state index in [2.05, 4.69) is 0 Å². The highest BCUT2D eigenvalue weighted by molar-refractivity contribution is 5.89. The van der Waals surface area contributed by atoms with E-state index in [1.54, 1.807) is 24.3 Å². The van der Waals surface area contributed by atoms with Crippen LogP contribution in [0.2, 0.25) is 0 Å². The molecule has 0 saturated carbocycles. The highest BCUT2D eigenvalue weighted by Crippen LogP contribution is 2.15. The van der Waals surface area contributed by atoms with Crippen molar-refractivity contribution in [3.05, 3.63) is 29.8 Å². The molecule has 0 N–H and O–H groups in total. The number of methoxy groups -OCH3 is 1. The molecule has 2 rings (SSSR count). The molecule has 0 amide bonds. The Labute approximate surface area is 247 Å². The molecule has 1 aromatic rings. The van der Waals surface area contributed by atoms with Gasteiger partial charge in [0.15, 0.2) is 6.29 Å². The summed E-state index contributed by atoms with van der Waals surface area (Å²) in [5, 5.41) is 0. The number of unbranched alkanes of at least 4 members (excludes halogenated alkanes) is 8. The van der Waals surface area contributed by atoms with Gasteiger partial charge in [-0.25, -0.2) is 4.79 Å². The van der Waals surface area contributed by atoms with Gasteiger partial charge in [0.2, 0.25) is 0 Å². The van der Waals surface area contributed by atoms with E-state index in [-0.39, 0.29) is 12.3 Å². The Kier molecular flexibility index (Phi) is 22.4. The van der Waals surface area contributed by atoms with Gasteiger partial charge in [0.1, 0.15) is 12.4 Å². The highest BCUT2D eigenvalue weighted by Gasteiger charge is 2.13. The van der Waals surface area contributed by atoms with Crippen molar-refractivity contribution in [1.29, 1.82) is 0 Å². The molecule has 0 aliphatic carbocycles. The molecule has 1 saturated heterocycles. The molecule has 1 aromatic carbocycles. The van der Waals surface area contributed by atoms with Gasteiger partial charge in [-0.3, -0.25) is 0 Å². The molecule has 0 aromatic heterocycles. The lowest BCUT2D eigenvalue weighted by Gasteiger charge is -2.22. The Hall–Kier alpha value is -1.75. The van der Waals surface area contributed by atoms with E-state index in [0.717, 1.165) is 39.1 Å². The molecule has 1 atom stereocenters. The third kappa shape index (κ3) is 19.9. The number of hydrogen-bond acceptors (Lipinski definition) is 9. The Morgan fingerprint density at radius 2 is 1.27 bits per heavy atom. The first-order chi connectivity index (χ1) is 20.3. The van der Waals surface area contributed by atoms with Crippen LogP contribution in [-0.2, 0) is 33.2 Å². The van der Waals surface area contributed by atoms with Crippen LogP contribution in [0.5, 0.6) is 5.75 Å². The molecule has 0 radical (unpaired) electrons. The number of hydrogen-bond donors (Lipinski definition) is 0. The molecule has 9 heteroatoms. The molecular formula is C32H54O9. The maximum Gasteiger partial charge on any atom is 0.337 e. The van der Waals surface area contributed by atoms with Gasteiger partial charge in [0, 0.05) is 19.8 Å². The maximum atomic E-state index is 11.5. The molecule has 1 unspecified atom stereocenters. The minimum atomic E-state index is -0.387. The maximum absolute atomic E-state index is 11.5. The second-order valence-electron chi connectivity index (χ2n) is 10.2. The zero-order chi connectivity index (χ0) is 29.1. The Balaban J connectivity index is 1.20. The van der Waals surface area contributed by atoms with Crippen molar-refractivity contribution in [1.82, 2.24) is 0 Å². The van der Waals surface area contributed by atoms with Crippen molar-refractivity contribution in [2.45, 2.75) is 83.3 Å². The molecular weight excluding hydrogens is 528 g/mol. The Morgan fingerprint density at radius 1 is 0.707 bits per heavy atom. The first-order valence-electron chi connectivity index (χ1n) is 15.6. The first-order valence-corrected chi connectivity index (χ1v) is 15.6. The highest BCUT2D eigenvalue weighted by atomic mass is 16.7. The van der Waals surface area contributed by atoms with E-state index in [0.29, 0.717) is 64.2 Å². The van der Waals surface area contributed by atoms with Gasteiger partial charge in [-0.15, -0.1) is 0 Å². The predicted molar refractivity (Wildman–Crippen MR) is 158 cm³/mol. The number of carbonyl (C=O) groups excluding carboxylic acids is 1. The number of carbonyl (C=O) groups is 1. The van der Waals surface area contributed by atoms with Crippen LogP contribution in [0.15, 0.2) is 24.3 Å². The molecule has 1 aliphatic rings. The summed E-state index contributed by atoms with van der Waals surface area (Å²) in [5.74, 6) is 0.218. The summed E-state index contributed by atoms with van der Waals surface area (Å²) >= 11 is 0. The van der Waals surface area contributed by atoms with Gasteiger partial charge in [-0.1, -0.05) is 51.0 Å². The minimum Gasteiger partial charge on any atom is -0.491 e. The van der Waals surface area contributed by atoms with Gasteiger partial charge in [0.05, 0.1) is 58.9 Å². The molecule has 1 heterocycles. The van der Waals surface area contributed by atoms with Crippen molar-refractivity contribution in [3.63, 3.8) is 0 Å². The van der Waals surface area contributed by atoms with E-state index in [1.807, 2.05) is 0 Å². The molecule has 0 bridgehead atoms. The van der Waals surface area contributed by atoms with Crippen LogP contribution in [0.3, 0.4) is 0 Å². The SMILES string of the molecule is COC(=O)c1cccc(OCCOCCOCCOCCOCCCCCCCCCCCOC2CCCCO2)c1. The van der Waals surface area contributed by atoms with Crippen LogP contribution < -0.4 is 4.74 Å². The average Bonchev–Trinajstić information content (AvgIpc) is 3.01. The quantitative estimate of drug-likeness (QED) is 0.0919. The predicted octanol–water partition coefficient (Wildman–Crippen LogP) is 5.97. The van der Waals surface area contributed by atoms with Gasteiger partial charge >= 0.3 is 5.97 Å². The summed E-state index contributed by atoms with van der Waals surface area (Å²) < 4.78 is 43.9. The van der Waals surface area contributed by atoms with Crippen LogP contribution in [0.25, 0.3) is 0 Å². The van der Waals surface area contributed by atoms with E-state index < -0.39 is 0 Å². The lowest BCUT2D eigenvalue weighted by atomic mass is 10.1. The van der Waals surface area contributed by atoms with Crippen molar-refractivity contribution in [2.24, 2.45) is 0 Å².